The summed E-state index contributed by atoms with van der Waals surface area (Å²) in [7, 11) is 0. The van der Waals surface area contributed by atoms with Crippen LogP contribution in [0, 0.1) is 11.8 Å². The number of hydrogen-bond acceptors (Lipinski definition) is 5. The summed E-state index contributed by atoms with van der Waals surface area (Å²) in [6.07, 6.45) is 8.85. The van der Waals surface area contributed by atoms with Crippen molar-refractivity contribution in [3.63, 3.8) is 0 Å². The van der Waals surface area contributed by atoms with E-state index >= 15 is 0 Å². The molecule has 2 saturated heterocycles. The van der Waals surface area contributed by atoms with Gasteiger partial charge in [0.1, 0.15) is 5.76 Å². The molecule has 0 bridgehead atoms. The molecule has 0 N–H and O–H groups in total. The fourth-order valence-electron chi connectivity index (χ4n) is 5.35. The lowest BCUT2D eigenvalue weighted by molar-refractivity contribution is -0.136. The summed E-state index contributed by atoms with van der Waals surface area (Å²) < 4.78 is 5.78. The average molecular weight is 423 g/mol. The Morgan fingerprint density at radius 3 is 2.71 bits per heavy atom. The van der Waals surface area contributed by atoms with E-state index in [1.165, 1.54) is 12.0 Å². The number of hydrogen-bond donors (Lipinski definition) is 0. The molecule has 4 heterocycles. The number of amides is 2. The van der Waals surface area contributed by atoms with Crippen molar-refractivity contribution in [3.8, 4) is 0 Å². The molecule has 2 aliphatic heterocycles. The second-order valence-corrected chi connectivity index (χ2v) is 9.45. The fourth-order valence-corrected chi connectivity index (χ4v) is 5.35. The molecule has 2 amide bonds. The van der Waals surface area contributed by atoms with Crippen LogP contribution in [0.1, 0.15) is 61.1 Å². The van der Waals surface area contributed by atoms with E-state index in [0.29, 0.717) is 31.3 Å². The average Bonchev–Trinajstić information content (AvgIpc) is 3.37. The number of likely N-dealkylation sites (tertiary alicyclic amines) is 2. The Labute approximate surface area is 182 Å². The predicted octanol–water partition coefficient (Wildman–Crippen LogP) is 2.95. The molecule has 0 spiro atoms. The molecule has 2 atom stereocenters. The first kappa shape index (κ1) is 20.2. The zero-order chi connectivity index (χ0) is 21.4. The van der Waals surface area contributed by atoms with E-state index in [2.05, 4.69) is 17.1 Å². The fraction of sp³-hybridized carbons (Fsp3) is 0.583. The van der Waals surface area contributed by atoms with Crippen LogP contribution in [0.25, 0.3) is 0 Å². The van der Waals surface area contributed by atoms with Gasteiger partial charge in [0.2, 0.25) is 11.8 Å². The summed E-state index contributed by atoms with van der Waals surface area (Å²) in [5.74, 6) is 2.05. The highest BCUT2D eigenvalue weighted by Gasteiger charge is 2.38. The summed E-state index contributed by atoms with van der Waals surface area (Å²) in [5.41, 5.74) is 3.52. The van der Waals surface area contributed by atoms with Gasteiger partial charge in [0.05, 0.1) is 11.6 Å². The third kappa shape index (κ3) is 4.10. The van der Waals surface area contributed by atoms with E-state index in [1.54, 1.807) is 17.3 Å². The largest absolute Gasteiger partial charge is 0.361 e. The van der Waals surface area contributed by atoms with E-state index in [9.17, 15) is 9.59 Å². The quantitative estimate of drug-likeness (QED) is 0.757. The van der Waals surface area contributed by atoms with Crippen molar-refractivity contribution in [3.05, 3.63) is 47.1 Å². The third-order valence-corrected chi connectivity index (χ3v) is 7.19. The van der Waals surface area contributed by atoms with Crippen molar-refractivity contribution in [2.75, 3.05) is 19.6 Å². The van der Waals surface area contributed by atoms with Crippen molar-refractivity contribution in [2.24, 2.45) is 11.8 Å². The number of pyridine rings is 1. The molecular formula is C24H30N4O3. The van der Waals surface area contributed by atoms with Crippen LogP contribution >= 0.6 is 0 Å². The number of fused-ring (bicyclic) bond motifs is 1. The van der Waals surface area contributed by atoms with Crippen LogP contribution in [0.5, 0.6) is 0 Å². The molecule has 0 saturated carbocycles. The normalized spacial score (nSPS) is 24.5. The van der Waals surface area contributed by atoms with Crippen molar-refractivity contribution < 1.29 is 14.1 Å². The van der Waals surface area contributed by atoms with Crippen molar-refractivity contribution in [1.29, 1.82) is 0 Å². The van der Waals surface area contributed by atoms with Gasteiger partial charge in [-0.15, -0.1) is 0 Å². The first-order valence-electron chi connectivity index (χ1n) is 11.5. The van der Waals surface area contributed by atoms with Crippen LogP contribution in [0.4, 0.5) is 0 Å². The molecule has 0 radical (unpaired) electrons. The first-order valence-corrected chi connectivity index (χ1v) is 11.5. The number of carbonyl (C=O) groups is 2. The van der Waals surface area contributed by atoms with Crippen molar-refractivity contribution in [1.82, 2.24) is 19.9 Å². The summed E-state index contributed by atoms with van der Waals surface area (Å²) in [6.45, 7) is 4.80. The number of aryl methyl sites for hydroxylation is 1. The molecule has 31 heavy (non-hydrogen) atoms. The molecule has 3 aliphatic rings. The molecule has 7 heteroatoms. The number of nitrogens with zero attached hydrogens (tertiary/aromatic N) is 4. The van der Waals surface area contributed by atoms with Gasteiger partial charge in [-0.05, 0) is 55.7 Å². The Balaban J connectivity index is 1.17. The second-order valence-electron chi connectivity index (χ2n) is 9.45. The van der Waals surface area contributed by atoms with Crippen LogP contribution in [0.3, 0.4) is 0 Å². The smallest absolute Gasteiger partial charge is 0.227 e. The monoisotopic (exact) mass is 422 g/mol. The van der Waals surface area contributed by atoms with Gasteiger partial charge in [-0.1, -0.05) is 12.1 Å². The van der Waals surface area contributed by atoms with E-state index in [4.69, 9.17) is 4.52 Å². The van der Waals surface area contributed by atoms with Gasteiger partial charge in [-0.2, -0.15) is 0 Å². The summed E-state index contributed by atoms with van der Waals surface area (Å²) >= 11 is 0. The minimum absolute atomic E-state index is 0.0625. The summed E-state index contributed by atoms with van der Waals surface area (Å²) in [6, 6.07) is 3.83. The molecule has 0 aromatic carbocycles. The van der Waals surface area contributed by atoms with Gasteiger partial charge in [0.15, 0.2) is 0 Å². The zero-order valence-corrected chi connectivity index (χ0v) is 18.1. The van der Waals surface area contributed by atoms with Gasteiger partial charge in [0, 0.05) is 56.5 Å². The van der Waals surface area contributed by atoms with Gasteiger partial charge < -0.3 is 14.3 Å². The zero-order valence-electron chi connectivity index (χ0n) is 18.1. The topological polar surface area (TPSA) is 79.5 Å². The van der Waals surface area contributed by atoms with Crippen molar-refractivity contribution >= 4 is 11.8 Å². The molecule has 2 fully saturated rings. The molecule has 1 aliphatic carbocycles. The van der Waals surface area contributed by atoms with Crippen LogP contribution in [0.2, 0.25) is 0 Å². The lowest BCUT2D eigenvalue weighted by Crippen LogP contribution is -2.42. The maximum absolute atomic E-state index is 13.1. The van der Waals surface area contributed by atoms with Gasteiger partial charge in [-0.3, -0.25) is 14.6 Å². The molecule has 2 aromatic rings. The predicted molar refractivity (Wildman–Crippen MR) is 114 cm³/mol. The molecule has 5 rings (SSSR count). The maximum Gasteiger partial charge on any atom is 0.227 e. The Hall–Kier alpha value is -2.70. The lowest BCUT2D eigenvalue weighted by Gasteiger charge is -2.33. The number of aromatic nitrogens is 2. The molecule has 2 aromatic heterocycles. The first-order chi connectivity index (χ1) is 15.1. The van der Waals surface area contributed by atoms with E-state index in [0.717, 1.165) is 55.8 Å². The standard InChI is InChI=1S/C24H30N4O3/c1-16-2-3-21-20(12-16)23(31-26-21)18-6-10-27(11-7-18)24(30)19-13-22(29)28(15-19)14-17-4-8-25-9-5-17/h4-5,8-9,16,18-19H,2-3,6-7,10-15H2,1H3/t16-,19+/m0/s1. The van der Waals surface area contributed by atoms with Crippen LogP contribution in [0.15, 0.2) is 29.0 Å². The van der Waals surface area contributed by atoms with E-state index in [-0.39, 0.29) is 17.7 Å². The van der Waals surface area contributed by atoms with Gasteiger partial charge in [-0.25, -0.2) is 0 Å². The summed E-state index contributed by atoms with van der Waals surface area (Å²) in [5, 5.41) is 4.33. The molecule has 7 nitrogen and oxygen atoms in total. The highest BCUT2D eigenvalue weighted by molar-refractivity contribution is 5.89. The van der Waals surface area contributed by atoms with Crippen LogP contribution in [-0.2, 0) is 29.0 Å². The molecular weight excluding hydrogens is 392 g/mol. The van der Waals surface area contributed by atoms with E-state index in [1.807, 2.05) is 17.0 Å². The minimum atomic E-state index is -0.232. The lowest BCUT2D eigenvalue weighted by atomic mass is 9.83. The number of rotatable bonds is 4. The Kier molecular flexibility index (Phi) is 5.50. The highest BCUT2D eigenvalue weighted by atomic mass is 16.5. The van der Waals surface area contributed by atoms with Crippen molar-refractivity contribution in [2.45, 2.75) is 57.9 Å². The third-order valence-electron chi connectivity index (χ3n) is 7.19. The highest BCUT2D eigenvalue weighted by Crippen LogP contribution is 2.36. The summed E-state index contributed by atoms with van der Waals surface area (Å²) in [4.78, 5) is 33.4. The SMILES string of the molecule is C[C@H]1CCc2noc(C3CCN(C(=O)[C@@H]4CC(=O)N(Cc5ccncc5)C4)CC3)c2C1. The minimum Gasteiger partial charge on any atom is -0.361 e. The van der Waals surface area contributed by atoms with Gasteiger partial charge >= 0.3 is 0 Å². The Morgan fingerprint density at radius 2 is 1.94 bits per heavy atom. The van der Waals surface area contributed by atoms with Gasteiger partial charge in [0.25, 0.3) is 0 Å². The Bertz CT molecular complexity index is 949. The molecule has 0 unspecified atom stereocenters. The Morgan fingerprint density at radius 1 is 1.16 bits per heavy atom. The van der Waals surface area contributed by atoms with E-state index < -0.39 is 0 Å². The van der Waals surface area contributed by atoms with Crippen LogP contribution < -0.4 is 0 Å². The van der Waals surface area contributed by atoms with Crippen LogP contribution in [-0.4, -0.2) is 51.4 Å². The number of carbonyl (C=O) groups excluding carboxylic acids is 2. The maximum atomic E-state index is 13.1. The molecule has 164 valence electrons. The second kappa shape index (κ2) is 8.44. The number of piperidine rings is 1.